The Labute approximate surface area is 188 Å². The Hall–Kier alpha value is -1.97. The van der Waals surface area contributed by atoms with Crippen LogP contribution in [0.4, 0.5) is 5.00 Å². The third-order valence-electron chi connectivity index (χ3n) is 5.84. The van der Waals surface area contributed by atoms with Gasteiger partial charge in [-0.15, -0.1) is 11.3 Å². The third-order valence-corrected chi connectivity index (χ3v) is 7.04. The smallest absolute Gasteiger partial charge is 0.251 e. The van der Waals surface area contributed by atoms with E-state index in [4.69, 9.17) is 5.73 Å². The summed E-state index contributed by atoms with van der Waals surface area (Å²) in [5.41, 5.74) is 6.87. The molecule has 0 bridgehead atoms. The van der Waals surface area contributed by atoms with Gasteiger partial charge in [0, 0.05) is 30.1 Å². The van der Waals surface area contributed by atoms with Gasteiger partial charge in [-0.3, -0.25) is 24.2 Å². The van der Waals surface area contributed by atoms with Gasteiger partial charge in [0.05, 0.1) is 18.2 Å². The Morgan fingerprint density at radius 1 is 1.10 bits per heavy atom. The molecule has 2 aliphatic rings. The number of nitrogens with zero attached hydrogens (tertiary/aromatic N) is 2. The molecule has 1 atom stereocenters. The monoisotopic (exact) mass is 449 g/mol. The zero-order valence-electron chi connectivity index (χ0n) is 19.0. The van der Waals surface area contributed by atoms with Gasteiger partial charge in [0.25, 0.3) is 5.91 Å². The minimum atomic E-state index is -0.471. The normalized spacial score (nSPS) is 18.8. The first-order valence-electron chi connectivity index (χ1n) is 11.1. The SMILES string of the molecule is C[C@H](C(=O)Nc1sc2c(c1C(N)=O)CCC2)N1CCCN(CC(=O)NC(C)(C)C)CC1. The van der Waals surface area contributed by atoms with Crippen LogP contribution in [-0.2, 0) is 22.4 Å². The quantitative estimate of drug-likeness (QED) is 0.611. The van der Waals surface area contributed by atoms with Crippen molar-refractivity contribution in [2.75, 3.05) is 38.0 Å². The molecule has 1 aliphatic carbocycles. The van der Waals surface area contributed by atoms with Crippen LogP contribution in [0.1, 0.15) is 61.3 Å². The topological polar surface area (TPSA) is 108 Å². The van der Waals surface area contributed by atoms with Crippen LogP contribution in [0.25, 0.3) is 0 Å². The van der Waals surface area contributed by atoms with Crippen molar-refractivity contribution in [1.82, 2.24) is 15.1 Å². The fraction of sp³-hybridized carbons (Fsp3) is 0.682. The summed E-state index contributed by atoms with van der Waals surface area (Å²) in [4.78, 5) is 42.6. The van der Waals surface area contributed by atoms with E-state index in [1.807, 2.05) is 27.7 Å². The highest BCUT2D eigenvalue weighted by Gasteiger charge is 2.29. The molecule has 1 aromatic rings. The first-order valence-corrected chi connectivity index (χ1v) is 11.9. The highest BCUT2D eigenvalue weighted by atomic mass is 32.1. The number of thiophene rings is 1. The van der Waals surface area contributed by atoms with Crippen molar-refractivity contribution in [3.63, 3.8) is 0 Å². The van der Waals surface area contributed by atoms with Crippen LogP contribution in [-0.4, -0.2) is 71.8 Å². The number of anilines is 1. The van der Waals surface area contributed by atoms with Crippen LogP contribution in [0.3, 0.4) is 0 Å². The third kappa shape index (κ3) is 6.05. The fourth-order valence-corrected chi connectivity index (χ4v) is 5.63. The van der Waals surface area contributed by atoms with Crippen LogP contribution in [0.5, 0.6) is 0 Å². The van der Waals surface area contributed by atoms with E-state index < -0.39 is 5.91 Å². The van der Waals surface area contributed by atoms with Gasteiger partial charge >= 0.3 is 0 Å². The molecule has 1 saturated heterocycles. The largest absolute Gasteiger partial charge is 0.365 e. The van der Waals surface area contributed by atoms with Crippen LogP contribution in [0.2, 0.25) is 0 Å². The number of carbonyl (C=O) groups is 3. The molecule has 1 aromatic heterocycles. The molecule has 0 aromatic carbocycles. The zero-order valence-corrected chi connectivity index (χ0v) is 19.9. The van der Waals surface area contributed by atoms with Gasteiger partial charge in [0.15, 0.2) is 0 Å². The number of hydrogen-bond acceptors (Lipinski definition) is 6. The fourth-order valence-electron chi connectivity index (χ4n) is 4.33. The maximum Gasteiger partial charge on any atom is 0.251 e. The van der Waals surface area contributed by atoms with Crippen molar-refractivity contribution in [2.45, 2.75) is 65.0 Å². The summed E-state index contributed by atoms with van der Waals surface area (Å²) in [5, 5.41) is 6.56. The molecule has 2 heterocycles. The van der Waals surface area contributed by atoms with Gasteiger partial charge < -0.3 is 16.4 Å². The van der Waals surface area contributed by atoms with Gasteiger partial charge in [-0.1, -0.05) is 0 Å². The van der Waals surface area contributed by atoms with E-state index in [0.717, 1.165) is 55.8 Å². The average molecular weight is 450 g/mol. The molecule has 1 aliphatic heterocycles. The standard InChI is InChI=1S/C22H35N5O3S/c1-14(20(30)24-21-18(19(23)29)15-7-5-8-16(15)31-21)27-10-6-9-26(11-12-27)13-17(28)25-22(2,3)4/h14H,5-13H2,1-4H3,(H2,23,29)(H,24,30)(H,25,28)/t14-/m1/s1. The first-order chi connectivity index (χ1) is 14.5. The van der Waals surface area contributed by atoms with E-state index >= 15 is 0 Å². The second-order valence-corrected chi connectivity index (χ2v) is 10.7. The molecule has 172 valence electrons. The molecule has 3 amide bonds. The Morgan fingerprint density at radius 3 is 2.52 bits per heavy atom. The van der Waals surface area contributed by atoms with Gasteiger partial charge in [-0.2, -0.15) is 0 Å². The van der Waals surface area contributed by atoms with Gasteiger partial charge in [0.1, 0.15) is 5.00 Å². The summed E-state index contributed by atoms with van der Waals surface area (Å²) in [6, 6.07) is -0.332. The van der Waals surface area contributed by atoms with Crippen molar-refractivity contribution >= 4 is 34.1 Å². The molecule has 9 heteroatoms. The lowest BCUT2D eigenvalue weighted by molar-refractivity contribution is -0.124. The number of primary amides is 1. The number of amides is 3. The van der Waals surface area contributed by atoms with Crippen molar-refractivity contribution < 1.29 is 14.4 Å². The zero-order chi connectivity index (χ0) is 22.8. The number of nitrogens with two attached hydrogens (primary N) is 1. The van der Waals surface area contributed by atoms with Gasteiger partial charge in [-0.05, 0) is 65.5 Å². The molecule has 4 N–H and O–H groups in total. The van der Waals surface area contributed by atoms with Crippen molar-refractivity contribution in [3.8, 4) is 0 Å². The molecule has 31 heavy (non-hydrogen) atoms. The van der Waals surface area contributed by atoms with Crippen LogP contribution < -0.4 is 16.4 Å². The van der Waals surface area contributed by atoms with E-state index in [2.05, 4.69) is 20.4 Å². The lowest BCUT2D eigenvalue weighted by atomic mass is 10.1. The van der Waals surface area contributed by atoms with Gasteiger partial charge in [-0.25, -0.2) is 0 Å². The molecule has 1 fully saturated rings. The molecule has 0 unspecified atom stereocenters. The lowest BCUT2D eigenvalue weighted by Crippen LogP contribution is -2.47. The summed E-state index contributed by atoms with van der Waals surface area (Å²) >= 11 is 1.48. The van der Waals surface area contributed by atoms with Crippen LogP contribution >= 0.6 is 11.3 Å². The molecule has 0 radical (unpaired) electrons. The number of rotatable bonds is 6. The molecule has 3 rings (SSSR count). The summed E-state index contributed by atoms with van der Waals surface area (Å²) < 4.78 is 0. The minimum absolute atomic E-state index is 0.0245. The second kappa shape index (κ2) is 9.67. The summed E-state index contributed by atoms with van der Waals surface area (Å²) in [6.07, 6.45) is 3.71. The highest BCUT2D eigenvalue weighted by Crippen LogP contribution is 2.38. The first kappa shape index (κ1) is 23.7. The Morgan fingerprint density at radius 2 is 1.84 bits per heavy atom. The van der Waals surface area contributed by atoms with E-state index in [9.17, 15) is 14.4 Å². The number of carbonyl (C=O) groups excluding carboxylic acids is 3. The summed E-state index contributed by atoms with van der Waals surface area (Å²) in [7, 11) is 0. The predicted octanol–water partition coefficient (Wildman–Crippen LogP) is 1.59. The van der Waals surface area contributed by atoms with Crippen LogP contribution in [0, 0.1) is 0 Å². The van der Waals surface area contributed by atoms with Crippen molar-refractivity contribution in [2.24, 2.45) is 5.73 Å². The number of aryl methyl sites for hydroxylation is 1. The number of hydrogen-bond donors (Lipinski definition) is 3. The average Bonchev–Trinajstić information content (AvgIpc) is 3.13. The van der Waals surface area contributed by atoms with E-state index in [0.29, 0.717) is 23.7 Å². The van der Waals surface area contributed by atoms with Crippen molar-refractivity contribution in [1.29, 1.82) is 0 Å². The van der Waals surface area contributed by atoms with E-state index in [1.54, 1.807) is 0 Å². The second-order valence-electron chi connectivity index (χ2n) is 9.55. The maximum absolute atomic E-state index is 13.0. The number of fused-ring (bicyclic) bond motifs is 1. The van der Waals surface area contributed by atoms with E-state index in [-0.39, 0.29) is 23.4 Å². The summed E-state index contributed by atoms with van der Waals surface area (Å²) in [5.74, 6) is -0.570. The highest BCUT2D eigenvalue weighted by molar-refractivity contribution is 7.17. The van der Waals surface area contributed by atoms with Crippen LogP contribution in [0.15, 0.2) is 0 Å². The summed E-state index contributed by atoms with van der Waals surface area (Å²) in [6.45, 7) is 11.2. The minimum Gasteiger partial charge on any atom is -0.365 e. The molecule has 8 nitrogen and oxygen atoms in total. The Balaban J connectivity index is 1.57. The predicted molar refractivity (Wildman–Crippen MR) is 123 cm³/mol. The maximum atomic E-state index is 13.0. The number of nitrogens with one attached hydrogen (secondary N) is 2. The Kier molecular flexibility index (Phi) is 7.39. The molecule has 0 saturated carbocycles. The van der Waals surface area contributed by atoms with E-state index in [1.165, 1.54) is 11.3 Å². The van der Waals surface area contributed by atoms with Crippen molar-refractivity contribution in [3.05, 3.63) is 16.0 Å². The lowest BCUT2D eigenvalue weighted by Gasteiger charge is -2.27. The molecular weight excluding hydrogens is 414 g/mol. The molecule has 0 spiro atoms. The Bertz CT molecular complexity index is 845. The molecular formula is C22H35N5O3S. The van der Waals surface area contributed by atoms with Gasteiger partial charge in [0.2, 0.25) is 11.8 Å².